The first-order valence-corrected chi connectivity index (χ1v) is 5.64. The van der Waals surface area contributed by atoms with Gasteiger partial charge in [-0.3, -0.25) is 4.79 Å². The number of anilines is 1. The number of likely N-dealkylation sites (N-methyl/N-ethyl adjacent to an activating group) is 1. The highest BCUT2D eigenvalue weighted by Gasteiger charge is 2.02. The molecule has 0 aromatic carbocycles. The van der Waals surface area contributed by atoms with Gasteiger partial charge in [-0.2, -0.15) is 0 Å². The minimum atomic E-state index is -0.00352. The van der Waals surface area contributed by atoms with Crippen LogP contribution in [0.3, 0.4) is 0 Å². The minimum Gasteiger partial charge on any atom is -0.317 e. The first kappa shape index (κ1) is 10.7. The summed E-state index contributed by atoms with van der Waals surface area (Å²) >= 11 is 4.82. The Labute approximate surface area is 89.7 Å². The van der Waals surface area contributed by atoms with Crippen LogP contribution in [-0.4, -0.2) is 19.0 Å². The zero-order chi connectivity index (χ0) is 9.68. The van der Waals surface area contributed by atoms with Crippen LogP contribution in [0.2, 0.25) is 0 Å². The van der Waals surface area contributed by atoms with Crippen molar-refractivity contribution in [2.75, 3.05) is 18.4 Å². The number of carbonyl (C=O) groups is 1. The van der Waals surface area contributed by atoms with E-state index in [9.17, 15) is 4.79 Å². The van der Waals surface area contributed by atoms with Crippen molar-refractivity contribution in [3.8, 4) is 0 Å². The largest absolute Gasteiger partial charge is 0.317 e. The summed E-state index contributed by atoms with van der Waals surface area (Å²) in [6, 6.07) is 1.88. The van der Waals surface area contributed by atoms with Gasteiger partial charge < -0.3 is 10.6 Å². The molecule has 13 heavy (non-hydrogen) atoms. The number of thiophene rings is 1. The fourth-order valence-electron chi connectivity index (χ4n) is 0.799. The van der Waals surface area contributed by atoms with E-state index in [1.165, 1.54) is 11.3 Å². The molecular weight excluding hydrogens is 252 g/mol. The maximum absolute atomic E-state index is 11.2. The van der Waals surface area contributed by atoms with E-state index in [2.05, 4.69) is 26.6 Å². The average Bonchev–Trinajstić information content (AvgIpc) is 2.48. The van der Waals surface area contributed by atoms with Crippen molar-refractivity contribution in [2.24, 2.45) is 0 Å². The van der Waals surface area contributed by atoms with E-state index < -0.39 is 0 Å². The third kappa shape index (κ3) is 3.89. The van der Waals surface area contributed by atoms with Gasteiger partial charge >= 0.3 is 0 Å². The SMILES string of the molecule is CCNCC(=O)Nc1cc(Br)cs1. The number of hydrogen-bond acceptors (Lipinski definition) is 3. The molecule has 72 valence electrons. The Morgan fingerprint density at radius 3 is 3.00 bits per heavy atom. The molecule has 0 spiro atoms. The summed E-state index contributed by atoms with van der Waals surface area (Å²) in [6.45, 7) is 3.14. The Bertz CT molecular complexity index is 287. The zero-order valence-corrected chi connectivity index (χ0v) is 9.67. The number of nitrogens with one attached hydrogen (secondary N) is 2. The van der Waals surface area contributed by atoms with Crippen LogP contribution in [0.25, 0.3) is 0 Å². The average molecular weight is 263 g/mol. The number of halogens is 1. The molecular formula is C8H11BrN2OS. The summed E-state index contributed by atoms with van der Waals surface area (Å²) in [7, 11) is 0. The molecule has 2 N–H and O–H groups in total. The molecule has 0 aliphatic rings. The Morgan fingerprint density at radius 2 is 2.46 bits per heavy atom. The Hall–Kier alpha value is -0.390. The Morgan fingerprint density at radius 1 is 1.69 bits per heavy atom. The van der Waals surface area contributed by atoms with Crippen LogP contribution < -0.4 is 10.6 Å². The molecule has 0 unspecified atom stereocenters. The van der Waals surface area contributed by atoms with Crippen LogP contribution in [0.15, 0.2) is 15.9 Å². The molecule has 1 aromatic rings. The molecule has 1 amide bonds. The predicted molar refractivity (Wildman–Crippen MR) is 59.2 cm³/mol. The first-order chi connectivity index (χ1) is 6.22. The van der Waals surface area contributed by atoms with Gasteiger partial charge in [-0.15, -0.1) is 11.3 Å². The van der Waals surface area contributed by atoms with Crippen molar-refractivity contribution in [2.45, 2.75) is 6.92 Å². The maximum atomic E-state index is 11.2. The van der Waals surface area contributed by atoms with E-state index in [0.29, 0.717) is 6.54 Å². The van der Waals surface area contributed by atoms with Gasteiger partial charge in [0.25, 0.3) is 0 Å². The summed E-state index contributed by atoms with van der Waals surface area (Å²) in [4.78, 5) is 11.2. The lowest BCUT2D eigenvalue weighted by Crippen LogP contribution is -2.27. The predicted octanol–water partition coefficient (Wildman–Crippen LogP) is 2.06. The zero-order valence-electron chi connectivity index (χ0n) is 7.26. The molecule has 1 aromatic heterocycles. The molecule has 0 aliphatic carbocycles. The van der Waals surface area contributed by atoms with E-state index >= 15 is 0 Å². The molecule has 0 aliphatic heterocycles. The fraction of sp³-hybridized carbons (Fsp3) is 0.375. The normalized spacial score (nSPS) is 10.0. The fourth-order valence-corrected chi connectivity index (χ4v) is 2.13. The van der Waals surface area contributed by atoms with Crippen LogP contribution in [0.4, 0.5) is 5.00 Å². The second-order valence-corrected chi connectivity index (χ2v) is 4.28. The van der Waals surface area contributed by atoms with Crippen molar-refractivity contribution in [3.63, 3.8) is 0 Å². The summed E-state index contributed by atoms with van der Waals surface area (Å²) in [5.41, 5.74) is 0. The van der Waals surface area contributed by atoms with E-state index in [1.807, 2.05) is 18.4 Å². The van der Waals surface area contributed by atoms with E-state index in [0.717, 1.165) is 16.0 Å². The molecule has 5 heteroatoms. The van der Waals surface area contributed by atoms with E-state index in [4.69, 9.17) is 0 Å². The van der Waals surface area contributed by atoms with E-state index in [-0.39, 0.29) is 5.91 Å². The highest BCUT2D eigenvalue weighted by molar-refractivity contribution is 9.10. The monoisotopic (exact) mass is 262 g/mol. The van der Waals surface area contributed by atoms with Crippen molar-refractivity contribution in [3.05, 3.63) is 15.9 Å². The van der Waals surface area contributed by atoms with Gasteiger partial charge in [0.15, 0.2) is 0 Å². The number of rotatable bonds is 4. The maximum Gasteiger partial charge on any atom is 0.238 e. The highest BCUT2D eigenvalue weighted by Crippen LogP contribution is 2.24. The molecule has 0 bridgehead atoms. The minimum absolute atomic E-state index is 0.00352. The van der Waals surface area contributed by atoms with Gasteiger partial charge in [-0.05, 0) is 28.5 Å². The van der Waals surface area contributed by atoms with Crippen LogP contribution in [-0.2, 0) is 4.79 Å². The van der Waals surface area contributed by atoms with Gasteiger partial charge in [0, 0.05) is 9.85 Å². The van der Waals surface area contributed by atoms with Crippen LogP contribution in [0.5, 0.6) is 0 Å². The van der Waals surface area contributed by atoms with E-state index in [1.54, 1.807) is 0 Å². The third-order valence-electron chi connectivity index (χ3n) is 1.37. The lowest BCUT2D eigenvalue weighted by atomic mass is 10.5. The Kier molecular flexibility index (Phi) is 4.41. The van der Waals surface area contributed by atoms with Crippen molar-refractivity contribution >= 4 is 38.2 Å². The Balaban J connectivity index is 2.36. The summed E-state index contributed by atoms with van der Waals surface area (Å²) < 4.78 is 0.997. The molecule has 0 atom stereocenters. The number of carbonyl (C=O) groups excluding carboxylic acids is 1. The van der Waals surface area contributed by atoms with Gasteiger partial charge in [0.05, 0.1) is 11.5 Å². The summed E-state index contributed by atoms with van der Waals surface area (Å²) in [6.07, 6.45) is 0. The standard InChI is InChI=1S/C8H11BrN2OS/c1-2-10-4-7(12)11-8-3-6(9)5-13-8/h3,5,10H,2,4H2,1H3,(H,11,12). The second-order valence-electron chi connectivity index (χ2n) is 2.46. The first-order valence-electron chi connectivity index (χ1n) is 3.97. The molecule has 0 radical (unpaired) electrons. The molecule has 1 heterocycles. The summed E-state index contributed by atoms with van der Waals surface area (Å²) in [5.74, 6) is -0.00352. The van der Waals surface area contributed by atoms with Gasteiger partial charge in [0.2, 0.25) is 5.91 Å². The van der Waals surface area contributed by atoms with Crippen molar-refractivity contribution < 1.29 is 4.79 Å². The molecule has 0 fully saturated rings. The van der Waals surface area contributed by atoms with Gasteiger partial charge in [-0.25, -0.2) is 0 Å². The van der Waals surface area contributed by atoms with Gasteiger partial charge in [0.1, 0.15) is 0 Å². The van der Waals surface area contributed by atoms with Crippen molar-refractivity contribution in [1.29, 1.82) is 0 Å². The third-order valence-corrected chi connectivity index (χ3v) is 2.97. The second kappa shape index (κ2) is 5.36. The number of hydrogen-bond donors (Lipinski definition) is 2. The highest BCUT2D eigenvalue weighted by atomic mass is 79.9. The molecule has 1 rings (SSSR count). The summed E-state index contributed by atoms with van der Waals surface area (Å²) in [5, 5.41) is 8.54. The lowest BCUT2D eigenvalue weighted by molar-refractivity contribution is -0.115. The van der Waals surface area contributed by atoms with Crippen molar-refractivity contribution in [1.82, 2.24) is 5.32 Å². The van der Waals surface area contributed by atoms with Crippen LogP contribution in [0.1, 0.15) is 6.92 Å². The molecule has 3 nitrogen and oxygen atoms in total. The molecule has 0 saturated heterocycles. The number of amides is 1. The van der Waals surface area contributed by atoms with Gasteiger partial charge in [-0.1, -0.05) is 6.92 Å². The lowest BCUT2D eigenvalue weighted by Gasteiger charge is -2.01. The van der Waals surface area contributed by atoms with Crippen LogP contribution >= 0.6 is 27.3 Å². The topological polar surface area (TPSA) is 41.1 Å². The molecule has 0 saturated carbocycles. The van der Waals surface area contributed by atoms with Crippen LogP contribution in [0, 0.1) is 0 Å². The smallest absolute Gasteiger partial charge is 0.238 e. The quantitative estimate of drug-likeness (QED) is 0.873.